The molecule has 9 heteroatoms. The first-order valence-corrected chi connectivity index (χ1v) is 11.6. The Morgan fingerprint density at radius 1 is 1.13 bits per heavy atom. The Morgan fingerprint density at radius 3 is 2.30 bits per heavy atom. The summed E-state index contributed by atoms with van der Waals surface area (Å²) in [6.07, 6.45) is 0.820. The minimum absolute atomic E-state index is 0.0729. The van der Waals surface area contributed by atoms with E-state index < -0.39 is 36.2 Å². The molecule has 0 N–H and O–H groups in total. The molecule has 2 saturated carbocycles. The number of nitrogens with zero attached hydrogens (tertiary/aromatic N) is 1. The van der Waals surface area contributed by atoms with E-state index in [9.17, 15) is 19.2 Å². The van der Waals surface area contributed by atoms with Crippen molar-refractivity contribution < 1.29 is 28.7 Å². The van der Waals surface area contributed by atoms with E-state index in [-0.39, 0.29) is 33.3 Å². The van der Waals surface area contributed by atoms with Crippen LogP contribution in [0.5, 0.6) is 5.75 Å². The fraction of sp³-hybridized carbons (Fsp3) is 0.524. The molecule has 160 valence electrons. The van der Waals surface area contributed by atoms with Crippen LogP contribution in [0.1, 0.15) is 23.7 Å². The summed E-state index contributed by atoms with van der Waals surface area (Å²) >= 11 is 7.27. The van der Waals surface area contributed by atoms with Crippen molar-refractivity contribution >= 4 is 55.4 Å². The van der Waals surface area contributed by atoms with Gasteiger partial charge in [0.25, 0.3) is 0 Å². The fourth-order valence-electron chi connectivity index (χ4n) is 5.00. The van der Waals surface area contributed by atoms with Crippen LogP contribution in [0.4, 0.5) is 0 Å². The van der Waals surface area contributed by atoms with Gasteiger partial charge in [0, 0.05) is 15.2 Å². The SMILES string of the molecule is COc1cccc(C(=O)COC(=O)[C@H](C)N2C(=O)[C@@H]3[C@H]4C[C@@H]([C@H](Br)[C@@H]4Br)[C@@H]3C2=O)c1. The van der Waals surface area contributed by atoms with Gasteiger partial charge in [-0.2, -0.15) is 0 Å². The lowest BCUT2D eigenvalue weighted by molar-refractivity contribution is -0.157. The first kappa shape index (κ1) is 21.5. The average Bonchev–Trinajstić information content (AvgIpc) is 3.36. The van der Waals surface area contributed by atoms with E-state index >= 15 is 0 Å². The Morgan fingerprint density at radius 2 is 1.73 bits per heavy atom. The van der Waals surface area contributed by atoms with Gasteiger partial charge in [0.15, 0.2) is 12.4 Å². The van der Waals surface area contributed by atoms with Crippen LogP contribution in [-0.2, 0) is 19.1 Å². The Kier molecular flexibility index (Phi) is 5.78. The van der Waals surface area contributed by atoms with Crippen LogP contribution in [0, 0.1) is 23.7 Å². The highest BCUT2D eigenvalue weighted by molar-refractivity contribution is 9.12. The van der Waals surface area contributed by atoms with Crippen molar-refractivity contribution in [3.05, 3.63) is 29.8 Å². The molecule has 7 atom stereocenters. The predicted octanol–water partition coefficient (Wildman–Crippen LogP) is 2.59. The number of halogens is 2. The zero-order valence-corrected chi connectivity index (χ0v) is 19.6. The predicted molar refractivity (Wildman–Crippen MR) is 114 cm³/mol. The quantitative estimate of drug-likeness (QED) is 0.237. The molecule has 1 heterocycles. The molecule has 3 aliphatic rings. The van der Waals surface area contributed by atoms with Crippen molar-refractivity contribution in [1.29, 1.82) is 0 Å². The first-order valence-electron chi connectivity index (χ1n) is 9.75. The summed E-state index contributed by atoms with van der Waals surface area (Å²) in [5.41, 5.74) is 0.348. The van der Waals surface area contributed by atoms with Crippen molar-refractivity contribution in [2.75, 3.05) is 13.7 Å². The molecule has 1 aliphatic heterocycles. The molecule has 0 spiro atoms. The third-order valence-corrected chi connectivity index (χ3v) is 9.69. The normalized spacial score (nSPS) is 32.9. The highest BCUT2D eigenvalue weighted by Gasteiger charge is 2.67. The van der Waals surface area contributed by atoms with Crippen molar-refractivity contribution in [3.8, 4) is 5.75 Å². The number of rotatable bonds is 6. The van der Waals surface area contributed by atoms with Gasteiger partial charge in [-0.25, -0.2) is 4.79 Å². The molecule has 1 aromatic carbocycles. The van der Waals surface area contributed by atoms with E-state index in [1.165, 1.54) is 14.0 Å². The topological polar surface area (TPSA) is 90.0 Å². The van der Waals surface area contributed by atoms with E-state index in [1.807, 2.05) is 0 Å². The summed E-state index contributed by atoms with van der Waals surface area (Å²) < 4.78 is 10.2. The second-order valence-corrected chi connectivity index (χ2v) is 10.1. The summed E-state index contributed by atoms with van der Waals surface area (Å²) in [5.74, 6) is -1.92. The van der Waals surface area contributed by atoms with E-state index in [0.717, 1.165) is 11.3 Å². The maximum Gasteiger partial charge on any atom is 0.329 e. The van der Waals surface area contributed by atoms with Gasteiger partial charge in [0.1, 0.15) is 11.8 Å². The van der Waals surface area contributed by atoms with Gasteiger partial charge in [0.2, 0.25) is 11.8 Å². The lowest BCUT2D eigenvalue weighted by atomic mass is 9.81. The van der Waals surface area contributed by atoms with Gasteiger partial charge < -0.3 is 9.47 Å². The third-order valence-electron chi connectivity index (χ3n) is 6.49. The Hall–Kier alpha value is -1.74. The summed E-state index contributed by atoms with van der Waals surface area (Å²) in [5, 5.41) is 0. The number of Topliss-reactive ketones (excluding diaryl/α,β-unsaturated/α-hetero) is 1. The van der Waals surface area contributed by atoms with Crippen LogP contribution in [0.2, 0.25) is 0 Å². The monoisotopic (exact) mass is 541 g/mol. The van der Waals surface area contributed by atoms with Crippen LogP contribution in [0.15, 0.2) is 24.3 Å². The van der Waals surface area contributed by atoms with Gasteiger partial charge in [-0.15, -0.1) is 0 Å². The zero-order valence-electron chi connectivity index (χ0n) is 16.4. The number of amides is 2. The minimum Gasteiger partial charge on any atom is -0.497 e. The number of methoxy groups -OCH3 is 1. The van der Waals surface area contributed by atoms with Crippen molar-refractivity contribution in [2.45, 2.75) is 29.0 Å². The molecular weight excluding hydrogens is 522 g/mol. The molecule has 4 rings (SSSR count). The lowest BCUT2D eigenvalue weighted by Crippen LogP contribution is -2.45. The van der Waals surface area contributed by atoms with Crippen molar-refractivity contribution in [3.63, 3.8) is 0 Å². The molecule has 2 aliphatic carbocycles. The number of esters is 1. The summed E-state index contributed by atoms with van der Waals surface area (Å²) in [7, 11) is 1.49. The Bertz CT molecular complexity index is 889. The molecule has 0 aromatic heterocycles. The average molecular weight is 543 g/mol. The maximum absolute atomic E-state index is 13.0. The minimum atomic E-state index is -1.07. The van der Waals surface area contributed by atoms with Crippen LogP contribution in [0.25, 0.3) is 0 Å². The second kappa shape index (κ2) is 8.07. The molecule has 3 fully saturated rings. The lowest BCUT2D eigenvalue weighted by Gasteiger charge is -2.28. The molecule has 0 radical (unpaired) electrons. The molecule has 2 amide bonds. The molecule has 2 bridgehead atoms. The van der Waals surface area contributed by atoms with E-state index in [0.29, 0.717) is 11.3 Å². The van der Waals surface area contributed by atoms with Gasteiger partial charge in [-0.3, -0.25) is 19.3 Å². The number of hydrogen-bond donors (Lipinski definition) is 0. The number of alkyl halides is 2. The van der Waals surface area contributed by atoms with E-state index in [1.54, 1.807) is 24.3 Å². The van der Waals surface area contributed by atoms with Crippen LogP contribution in [0.3, 0.4) is 0 Å². The number of imide groups is 1. The summed E-state index contributed by atoms with van der Waals surface area (Å²) in [6.45, 7) is 0.992. The van der Waals surface area contributed by atoms with Gasteiger partial charge in [0.05, 0.1) is 18.9 Å². The third kappa shape index (κ3) is 3.30. The number of ketones is 1. The smallest absolute Gasteiger partial charge is 0.329 e. The largest absolute Gasteiger partial charge is 0.497 e. The number of benzene rings is 1. The van der Waals surface area contributed by atoms with E-state index in [2.05, 4.69) is 31.9 Å². The molecule has 0 unspecified atom stereocenters. The molecule has 1 saturated heterocycles. The Labute approximate surface area is 190 Å². The first-order chi connectivity index (χ1) is 14.3. The van der Waals surface area contributed by atoms with Crippen molar-refractivity contribution in [2.24, 2.45) is 23.7 Å². The molecular formula is C21H21Br2NO6. The Balaban J connectivity index is 1.41. The number of hydrogen-bond acceptors (Lipinski definition) is 6. The number of carbonyl (C=O) groups is 4. The highest BCUT2D eigenvalue weighted by Crippen LogP contribution is 2.60. The standard InChI is InChI=1S/C21H21Br2NO6/c1-9(21(28)30-8-14(25)10-4-3-5-11(6-10)29-2)24-19(26)15-12-7-13(16(15)20(24)27)18(23)17(12)22/h3-6,9,12-13,15-18H,7-8H2,1-2H3/t9-,12+,13+,15-,16+,17-,18+/m0/s1. The van der Waals surface area contributed by atoms with Gasteiger partial charge in [-0.1, -0.05) is 44.0 Å². The fourth-order valence-corrected chi connectivity index (χ4v) is 6.87. The summed E-state index contributed by atoms with van der Waals surface area (Å²) in [4.78, 5) is 52.2. The zero-order chi connectivity index (χ0) is 21.7. The second-order valence-electron chi connectivity index (χ2n) is 7.99. The van der Waals surface area contributed by atoms with E-state index in [4.69, 9.17) is 9.47 Å². The molecule has 7 nitrogen and oxygen atoms in total. The van der Waals surface area contributed by atoms with Crippen LogP contribution in [-0.4, -0.2) is 57.9 Å². The number of ether oxygens (including phenoxy) is 2. The van der Waals surface area contributed by atoms with Gasteiger partial charge >= 0.3 is 5.97 Å². The molecule has 30 heavy (non-hydrogen) atoms. The van der Waals surface area contributed by atoms with Crippen molar-refractivity contribution in [1.82, 2.24) is 4.90 Å². The van der Waals surface area contributed by atoms with Gasteiger partial charge in [-0.05, 0) is 37.3 Å². The summed E-state index contributed by atoms with van der Waals surface area (Å²) in [6, 6.07) is 5.45. The number of carbonyl (C=O) groups excluding carboxylic acids is 4. The maximum atomic E-state index is 13.0. The highest BCUT2D eigenvalue weighted by atomic mass is 79.9. The molecule has 1 aromatic rings. The number of fused-ring (bicyclic) bond motifs is 5. The number of likely N-dealkylation sites (tertiary alicyclic amines) is 1. The van der Waals surface area contributed by atoms with Crippen LogP contribution >= 0.6 is 31.9 Å². The van der Waals surface area contributed by atoms with Crippen LogP contribution < -0.4 is 4.74 Å².